The van der Waals surface area contributed by atoms with Crippen LogP contribution < -0.4 is 10.1 Å². The number of amides is 1. The number of ether oxygens (including phenoxy) is 1. The number of aryl methyl sites for hydroxylation is 1. The van der Waals surface area contributed by atoms with Gasteiger partial charge in [-0.25, -0.2) is 0 Å². The molecule has 1 amide bonds. The fraction of sp³-hybridized carbons (Fsp3) is 0.304. The summed E-state index contributed by atoms with van der Waals surface area (Å²) >= 11 is 6.38. The highest BCUT2D eigenvalue weighted by Crippen LogP contribution is 2.34. The summed E-state index contributed by atoms with van der Waals surface area (Å²) in [5.74, 6) is -1.32. The zero-order valence-electron chi connectivity index (χ0n) is 17.6. The molecule has 0 fully saturated rings. The number of hydrogen-bond acceptors (Lipinski definition) is 4. The van der Waals surface area contributed by atoms with Crippen LogP contribution in [0.4, 0.5) is 0 Å². The van der Waals surface area contributed by atoms with Crippen LogP contribution in [0.5, 0.6) is 5.75 Å². The number of benzene rings is 2. The van der Waals surface area contributed by atoms with Crippen LogP contribution in [0.1, 0.15) is 46.9 Å². The van der Waals surface area contributed by atoms with E-state index in [4.69, 9.17) is 16.3 Å². The average Bonchev–Trinajstić information content (AvgIpc) is 3.10. The number of carbonyl (C=O) groups excluding carboxylic acids is 1. The number of carboxylic acids is 1. The Morgan fingerprint density at radius 3 is 2.35 bits per heavy atom. The molecule has 31 heavy (non-hydrogen) atoms. The quantitative estimate of drug-likeness (QED) is 0.489. The van der Waals surface area contributed by atoms with Crippen LogP contribution in [0.15, 0.2) is 42.5 Å². The molecule has 1 unspecified atom stereocenters. The zero-order valence-corrected chi connectivity index (χ0v) is 18.3. The van der Waals surface area contributed by atoms with Crippen LogP contribution in [0.25, 0.3) is 10.9 Å². The first-order valence-electron chi connectivity index (χ1n) is 9.88. The summed E-state index contributed by atoms with van der Waals surface area (Å²) in [4.78, 5) is 24.3. The van der Waals surface area contributed by atoms with Gasteiger partial charge in [-0.1, -0.05) is 42.8 Å². The van der Waals surface area contributed by atoms with Crippen LogP contribution in [-0.2, 0) is 11.8 Å². The molecule has 0 spiro atoms. The second kappa shape index (κ2) is 9.41. The van der Waals surface area contributed by atoms with E-state index in [0.717, 1.165) is 5.52 Å². The summed E-state index contributed by atoms with van der Waals surface area (Å²) in [7, 11) is 3.29. The average molecular weight is 445 g/mol. The standard InChI is InChI=1S/C23H25ClN2O5/c1-4-15(23(29)30)13-5-7-14(8-6-13)17(12-27)25-22(28)19-11-16-18(26(19)2)9-10-20(31-3)21(16)24/h5-11,15,17,27H,4,12H2,1-3H3,(H,25,28)(H,29,30)/t15?,17-/m1/s1. The van der Waals surface area contributed by atoms with Crippen molar-refractivity contribution in [3.05, 3.63) is 64.3 Å². The molecule has 3 rings (SSSR count). The van der Waals surface area contributed by atoms with Crippen molar-refractivity contribution in [2.45, 2.75) is 25.3 Å². The lowest BCUT2D eigenvalue weighted by molar-refractivity contribution is -0.138. The number of nitrogens with one attached hydrogen (secondary N) is 1. The summed E-state index contributed by atoms with van der Waals surface area (Å²) in [6, 6.07) is 11.5. The van der Waals surface area contributed by atoms with Gasteiger partial charge in [0, 0.05) is 12.4 Å². The third kappa shape index (κ3) is 4.38. The number of fused-ring (bicyclic) bond motifs is 1. The Hall–Kier alpha value is -3.03. The number of aliphatic hydroxyl groups excluding tert-OH is 1. The lowest BCUT2D eigenvalue weighted by Gasteiger charge is -2.18. The first-order valence-corrected chi connectivity index (χ1v) is 10.3. The Labute approximate surface area is 185 Å². The minimum Gasteiger partial charge on any atom is -0.495 e. The van der Waals surface area contributed by atoms with Gasteiger partial charge in [-0.05, 0) is 35.7 Å². The molecule has 0 bridgehead atoms. The molecule has 0 saturated carbocycles. The minimum atomic E-state index is -0.881. The molecule has 1 heterocycles. The molecule has 2 aromatic carbocycles. The van der Waals surface area contributed by atoms with Crippen molar-refractivity contribution < 1.29 is 24.5 Å². The number of methoxy groups -OCH3 is 1. The topological polar surface area (TPSA) is 101 Å². The number of aliphatic carboxylic acids is 1. The number of carbonyl (C=O) groups is 2. The number of halogens is 1. The van der Waals surface area contributed by atoms with Gasteiger partial charge in [-0.2, -0.15) is 0 Å². The molecular formula is C23H25ClN2O5. The lowest BCUT2D eigenvalue weighted by atomic mass is 9.94. The van der Waals surface area contributed by atoms with Crippen LogP contribution in [0, 0.1) is 0 Å². The Balaban J connectivity index is 1.85. The summed E-state index contributed by atoms with van der Waals surface area (Å²) < 4.78 is 6.97. The van der Waals surface area contributed by atoms with E-state index in [1.54, 1.807) is 48.0 Å². The smallest absolute Gasteiger partial charge is 0.310 e. The van der Waals surface area contributed by atoms with Crippen LogP contribution >= 0.6 is 11.6 Å². The molecule has 0 saturated heterocycles. The van der Waals surface area contributed by atoms with Gasteiger partial charge in [-0.15, -0.1) is 0 Å². The van der Waals surface area contributed by atoms with E-state index in [1.807, 2.05) is 13.0 Å². The van der Waals surface area contributed by atoms with Crippen molar-refractivity contribution in [3.63, 3.8) is 0 Å². The molecule has 7 nitrogen and oxygen atoms in total. The van der Waals surface area contributed by atoms with Crippen molar-refractivity contribution in [2.75, 3.05) is 13.7 Å². The van der Waals surface area contributed by atoms with E-state index >= 15 is 0 Å². The predicted octanol–water partition coefficient (Wildman–Crippen LogP) is 3.88. The fourth-order valence-corrected chi connectivity index (χ4v) is 4.00. The summed E-state index contributed by atoms with van der Waals surface area (Å²) in [5, 5.41) is 23.1. The maximum Gasteiger partial charge on any atom is 0.310 e. The van der Waals surface area contributed by atoms with Crippen molar-refractivity contribution >= 4 is 34.4 Å². The molecule has 3 aromatic rings. The Morgan fingerprint density at radius 1 is 1.16 bits per heavy atom. The molecule has 1 aromatic heterocycles. The molecule has 164 valence electrons. The second-order valence-corrected chi connectivity index (χ2v) is 7.66. The van der Waals surface area contributed by atoms with E-state index < -0.39 is 17.9 Å². The van der Waals surface area contributed by atoms with Gasteiger partial charge < -0.3 is 24.8 Å². The van der Waals surface area contributed by atoms with Crippen LogP contribution in [0.3, 0.4) is 0 Å². The molecule has 3 N–H and O–H groups in total. The highest BCUT2D eigenvalue weighted by Gasteiger charge is 2.22. The number of hydrogen-bond donors (Lipinski definition) is 3. The molecule has 0 aliphatic carbocycles. The highest BCUT2D eigenvalue weighted by atomic mass is 35.5. The second-order valence-electron chi connectivity index (χ2n) is 7.28. The van der Waals surface area contributed by atoms with E-state index in [-0.39, 0.29) is 12.5 Å². The van der Waals surface area contributed by atoms with Gasteiger partial charge in [0.25, 0.3) is 5.91 Å². The summed E-state index contributed by atoms with van der Waals surface area (Å²) in [6.45, 7) is 1.51. The van der Waals surface area contributed by atoms with E-state index in [0.29, 0.717) is 39.4 Å². The Bertz CT molecular complexity index is 1110. The normalized spacial score (nSPS) is 13.1. The monoisotopic (exact) mass is 444 g/mol. The molecular weight excluding hydrogens is 420 g/mol. The van der Waals surface area contributed by atoms with Gasteiger partial charge in [0.05, 0.1) is 36.2 Å². The fourth-order valence-electron chi connectivity index (χ4n) is 3.71. The first-order chi connectivity index (χ1) is 14.8. The van der Waals surface area contributed by atoms with Crippen LogP contribution in [0.2, 0.25) is 5.02 Å². The van der Waals surface area contributed by atoms with Crippen molar-refractivity contribution in [1.29, 1.82) is 0 Å². The Morgan fingerprint density at radius 2 is 1.81 bits per heavy atom. The predicted molar refractivity (Wildman–Crippen MR) is 119 cm³/mol. The van der Waals surface area contributed by atoms with Gasteiger partial charge in [0.2, 0.25) is 0 Å². The highest BCUT2D eigenvalue weighted by molar-refractivity contribution is 6.37. The third-order valence-electron chi connectivity index (χ3n) is 5.51. The summed E-state index contributed by atoms with van der Waals surface area (Å²) in [6.07, 6.45) is 0.475. The van der Waals surface area contributed by atoms with E-state index in [1.165, 1.54) is 7.11 Å². The number of carboxylic acid groups (broad SMARTS) is 1. The number of aromatic nitrogens is 1. The molecule has 0 aliphatic rings. The van der Waals surface area contributed by atoms with Crippen LogP contribution in [-0.4, -0.2) is 40.4 Å². The lowest BCUT2D eigenvalue weighted by Crippen LogP contribution is -2.32. The molecule has 0 radical (unpaired) electrons. The minimum absolute atomic E-state index is 0.306. The number of nitrogens with zero attached hydrogens (tertiary/aromatic N) is 1. The van der Waals surface area contributed by atoms with Crippen molar-refractivity contribution in [2.24, 2.45) is 7.05 Å². The van der Waals surface area contributed by atoms with Gasteiger partial charge >= 0.3 is 5.97 Å². The van der Waals surface area contributed by atoms with Crippen molar-refractivity contribution in [3.8, 4) is 5.75 Å². The number of aliphatic hydroxyl groups is 1. The largest absolute Gasteiger partial charge is 0.495 e. The molecule has 2 atom stereocenters. The summed E-state index contributed by atoms with van der Waals surface area (Å²) in [5.41, 5.74) is 2.52. The Kier molecular flexibility index (Phi) is 6.87. The first kappa shape index (κ1) is 22.7. The number of rotatable bonds is 8. The van der Waals surface area contributed by atoms with Gasteiger partial charge in [0.1, 0.15) is 11.4 Å². The van der Waals surface area contributed by atoms with Crippen molar-refractivity contribution in [1.82, 2.24) is 9.88 Å². The molecule has 8 heteroatoms. The third-order valence-corrected chi connectivity index (χ3v) is 5.90. The SMILES string of the molecule is CCC(C(=O)O)c1ccc([C@@H](CO)NC(=O)c2cc3c(Cl)c(OC)ccc3n2C)cc1. The van der Waals surface area contributed by atoms with Gasteiger partial charge in [-0.3, -0.25) is 9.59 Å². The van der Waals surface area contributed by atoms with E-state index in [2.05, 4.69) is 5.32 Å². The maximum absolute atomic E-state index is 13.0. The van der Waals surface area contributed by atoms with Gasteiger partial charge in [0.15, 0.2) is 0 Å². The zero-order chi connectivity index (χ0) is 22.7. The molecule has 0 aliphatic heterocycles. The maximum atomic E-state index is 13.0. The van der Waals surface area contributed by atoms with E-state index in [9.17, 15) is 19.8 Å².